The molecule has 0 aliphatic carbocycles. The summed E-state index contributed by atoms with van der Waals surface area (Å²) >= 11 is 0. The molecule has 3 heterocycles. The van der Waals surface area contributed by atoms with Gasteiger partial charge in [0.15, 0.2) is 0 Å². The van der Waals surface area contributed by atoms with E-state index in [0.29, 0.717) is 36.8 Å². The highest BCUT2D eigenvalue weighted by Crippen LogP contribution is 2.37. The number of amides is 1. The zero-order chi connectivity index (χ0) is 27.4. The first-order valence-electron chi connectivity index (χ1n) is 12.5. The third-order valence-electron chi connectivity index (χ3n) is 6.47. The summed E-state index contributed by atoms with van der Waals surface area (Å²) in [4.78, 5) is 24.8. The number of anilines is 1. The summed E-state index contributed by atoms with van der Waals surface area (Å²) in [6, 6.07) is 14.1. The Morgan fingerprint density at radius 3 is 2.54 bits per heavy atom. The predicted octanol–water partition coefficient (Wildman–Crippen LogP) is 4.69. The highest BCUT2D eigenvalue weighted by molar-refractivity contribution is 6.06. The SMILES string of the molecule is Cn1ccc(-c2cc(C(=O)Nc3cnc(CCN4CCOCC4)nc3-c3ccccc3)ccc2C(F)(F)F)n1. The van der Waals surface area contributed by atoms with E-state index in [9.17, 15) is 18.0 Å². The van der Waals surface area contributed by atoms with Gasteiger partial charge in [-0.15, -0.1) is 0 Å². The number of nitrogens with zero attached hydrogens (tertiary/aromatic N) is 5. The number of benzene rings is 2. The molecule has 1 amide bonds. The molecule has 2 aromatic carbocycles. The number of ether oxygens (including phenoxy) is 1. The number of halogens is 3. The molecule has 202 valence electrons. The normalized spacial score (nSPS) is 14.4. The second-order valence-electron chi connectivity index (χ2n) is 9.21. The van der Waals surface area contributed by atoms with Gasteiger partial charge in [-0.1, -0.05) is 30.3 Å². The first kappa shape index (κ1) is 26.5. The Kier molecular flexibility index (Phi) is 7.71. The van der Waals surface area contributed by atoms with E-state index in [4.69, 9.17) is 9.72 Å². The van der Waals surface area contributed by atoms with Crippen LogP contribution >= 0.6 is 0 Å². The lowest BCUT2D eigenvalue weighted by Gasteiger charge is -2.26. The van der Waals surface area contributed by atoms with E-state index in [0.717, 1.165) is 37.3 Å². The third-order valence-corrected chi connectivity index (χ3v) is 6.47. The van der Waals surface area contributed by atoms with Crippen molar-refractivity contribution in [2.24, 2.45) is 7.05 Å². The number of carbonyl (C=O) groups excluding carboxylic acids is 1. The van der Waals surface area contributed by atoms with E-state index in [-0.39, 0.29) is 16.8 Å². The fourth-order valence-electron chi connectivity index (χ4n) is 4.43. The summed E-state index contributed by atoms with van der Waals surface area (Å²) in [6.45, 7) is 3.89. The molecule has 1 fully saturated rings. The molecule has 0 unspecified atom stereocenters. The molecular weight excluding hydrogens is 509 g/mol. The molecule has 0 spiro atoms. The molecule has 1 aliphatic rings. The standard InChI is InChI=1S/C28H27F3N6O2/c1-36-11-9-23(35-36)21-17-20(7-8-22(21)28(29,30)31)27(38)33-24-18-32-25(10-12-37-13-15-39-16-14-37)34-26(24)19-5-3-2-4-6-19/h2-9,11,17-18H,10,12-16H2,1H3,(H,33,38). The first-order chi connectivity index (χ1) is 18.8. The predicted molar refractivity (Wildman–Crippen MR) is 140 cm³/mol. The van der Waals surface area contributed by atoms with Crippen molar-refractivity contribution in [1.29, 1.82) is 0 Å². The monoisotopic (exact) mass is 536 g/mol. The van der Waals surface area contributed by atoms with Crippen molar-refractivity contribution in [2.75, 3.05) is 38.2 Å². The Balaban J connectivity index is 1.43. The molecule has 0 atom stereocenters. The lowest BCUT2D eigenvalue weighted by molar-refractivity contribution is -0.137. The highest BCUT2D eigenvalue weighted by Gasteiger charge is 2.34. The van der Waals surface area contributed by atoms with Crippen LogP contribution in [0, 0.1) is 0 Å². The van der Waals surface area contributed by atoms with Crippen LogP contribution in [0.1, 0.15) is 21.7 Å². The van der Waals surface area contributed by atoms with Crippen LogP contribution < -0.4 is 5.32 Å². The topological polar surface area (TPSA) is 85.2 Å². The molecule has 11 heteroatoms. The average Bonchev–Trinajstić information content (AvgIpc) is 3.38. The van der Waals surface area contributed by atoms with Gasteiger partial charge in [0.05, 0.1) is 42.0 Å². The van der Waals surface area contributed by atoms with Gasteiger partial charge in [-0.05, 0) is 24.3 Å². The van der Waals surface area contributed by atoms with Crippen molar-refractivity contribution in [2.45, 2.75) is 12.6 Å². The summed E-state index contributed by atoms with van der Waals surface area (Å²) in [5.74, 6) is 0.0491. The minimum atomic E-state index is -4.60. The van der Waals surface area contributed by atoms with E-state index in [1.54, 1.807) is 19.4 Å². The average molecular weight is 537 g/mol. The van der Waals surface area contributed by atoms with Gasteiger partial charge in [-0.2, -0.15) is 18.3 Å². The fourth-order valence-corrected chi connectivity index (χ4v) is 4.43. The highest BCUT2D eigenvalue weighted by atomic mass is 19.4. The van der Waals surface area contributed by atoms with Gasteiger partial charge in [0.2, 0.25) is 0 Å². The van der Waals surface area contributed by atoms with E-state index in [1.807, 2.05) is 30.3 Å². The zero-order valence-corrected chi connectivity index (χ0v) is 21.3. The Morgan fingerprint density at radius 2 is 1.85 bits per heavy atom. The van der Waals surface area contributed by atoms with E-state index in [2.05, 4.69) is 20.3 Å². The van der Waals surface area contributed by atoms with Crippen LogP contribution in [-0.2, 0) is 24.4 Å². The van der Waals surface area contributed by atoms with Gasteiger partial charge in [0, 0.05) is 56.0 Å². The van der Waals surface area contributed by atoms with Crippen molar-refractivity contribution >= 4 is 11.6 Å². The molecule has 0 bridgehead atoms. The second kappa shape index (κ2) is 11.3. The van der Waals surface area contributed by atoms with Crippen molar-refractivity contribution < 1.29 is 22.7 Å². The number of hydrogen-bond acceptors (Lipinski definition) is 6. The van der Waals surface area contributed by atoms with E-state index >= 15 is 0 Å². The largest absolute Gasteiger partial charge is 0.417 e. The van der Waals surface area contributed by atoms with Gasteiger partial charge in [0.1, 0.15) is 5.82 Å². The number of aromatic nitrogens is 4. The van der Waals surface area contributed by atoms with Crippen LogP contribution in [0.4, 0.5) is 18.9 Å². The number of alkyl halides is 3. The minimum Gasteiger partial charge on any atom is -0.379 e. The molecule has 5 rings (SSSR count). The summed E-state index contributed by atoms with van der Waals surface area (Å²) in [5, 5.41) is 6.91. The molecule has 8 nitrogen and oxygen atoms in total. The van der Waals surface area contributed by atoms with E-state index in [1.165, 1.54) is 16.8 Å². The van der Waals surface area contributed by atoms with Crippen LogP contribution in [0.5, 0.6) is 0 Å². The Hall–Kier alpha value is -4.09. The lowest BCUT2D eigenvalue weighted by atomic mass is 10.0. The number of hydrogen-bond donors (Lipinski definition) is 1. The molecule has 1 saturated heterocycles. The molecule has 2 aromatic heterocycles. The van der Waals surface area contributed by atoms with Gasteiger partial charge < -0.3 is 10.1 Å². The lowest BCUT2D eigenvalue weighted by Crippen LogP contribution is -2.37. The minimum absolute atomic E-state index is 0.0547. The molecule has 39 heavy (non-hydrogen) atoms. The van der Waals surface area contributed by atoms with Gasteiger partial charge >= 0.3 is 6.18 Å². The zero-order valence-electron chi connectivity index (χ0n) is 21.3. The van der Waals surface area contributed by atoms with E-state index < -0.39 is 17.6 Å². The van der Waals surface area contributed by atoms with Crippen molar-refractivity contribution in [3.8, 4) is 22.5 Å². The maximum absolute atomic E-state index is 13.7. The van der Waals surface area contributed by atoms with Crippen LogP contribution in [0.2, 0.25) is 0 Å². The summed E-state index contributed by atoms with van der Waals surface area (Å²) in [5.41, 5.74) is 0.818. The maximum atomic E-state index is 13.7. The second-order valence-corrected chi connectivity index (χ2v) is 9.21. The fraction of sp³-hybridized carbons (Fsp3) is 0.286. The molecule has 0 saturated carbocycles. The number of rotatable bonds is 7. The molecule has 4 aromatic rings. The molecule has 1 N–H and O–H groups in total. The molecular formula is C28H27F3N6O2. The quantitative estimate of drug-likeness (QED) is 0.369. The van der Waals surface area contributed by atoms with Crippen molar-refractivity contribution in [3.63, 3.8) is 0 Å². The number of carbonyl (C=O) groups is 1. The smallest absolute Gasteiger partial charge is 0.379 e. The van der Waals surface area contributed by atoms with Crippen molar-refractivity contribution in [1.82, 2.24) is 24.6 Å². The van der Waals surface area contributed by atoms with Crippen LogP contribution in [0.15, 0.2) is 67.0 Å². The summed E-state index contributed by atoms with van der Waals surface area (Å²) in [7, 11) is 1.61. The number of morpholine rings is 1. The Labute approximate surface area is 223 Å². The van der Waals surface area contributed by atoms with Gasteiger partial charge in [0.25, 0.3) is 5.91 Å². The van der Waals surface area contributed by atoms with Crippen molar-refractivity contribution in [3.05, 3.63) is 83.9 Å². The maximum Gasteiger partial charge on any atom is 0.417 e. The van der Waals surface area contributed by atoms with Crippen LogP contribution in [-0.4, -0.2) is 63.4 Å². The van der Waals surface area contributed by atoms with Gasteiger partial charge in [-0.25, -0.2) is 9.97 Å². The summed E-state index contributed by atoms with van der Waals surface area (Å²) in [6.07, 6.45) is -0.883. The summed E-state index contributed by atoms with van der Waals surface area (Å²) < 4.78 is 48.0. The van der Waals surface area contributed by atoms with Crippen LogP contribution in [0.25, 0.3) is 22.5 Å². The Bertz CT molecular complexity index is 1450. The molecule has 0 radical (unpaired) electrons. The first-order valence-corrected chi connectivity index (χ1v) is 12.5. The molecule has 1 aliphatic heterocycles. The number of nitrogens with one attached hydrogen (secondary N) is 1. The number of aryl methyl sites for hydroxylation is 1. The third kappa shape index (κ3) is 6.32. The van der Waals surface area contributed by atoms with Gasteiger partial charge in [-0.3, -0.25) is 14.4 Å². The Morgan fingerprint density at radius 1 is 1.08 bits per heavy atom. The van der Waals surface area contributed by atoms with Crippen LogP contribution in [0.3, 0.4) is 0 Å².